The number of rotatable bonds is 5. The fourth-order valence-electron chi connectivity index (χ4n) is 3.17. The molecule has 0 unspecified atom stereocenters. The number of aryl methyl sites for hydroxylation is 1. The maximum absolute atomic E-state index is 12.4. The lowest BCUT2D eigenvalue weighted by Crippen LogP contribution is -2.32. The number of aromatic nitrogens is 4. The molecular weight excluding hydrogens is 346 g/mol. The van der Waals surface area contributed by atoms with Crippen LogP contribution in [0.15, 0.2) is 53.5 Å². The topological polar surface area (TPSA) is 90.1 Å². The average molecular weight is 363 g/mol. The molecule has 27 heavy (non-hydrogen) atoms. The quantitative estimate of drug-likeness (QED) is 0.638. The van der Waals surface area contributed by atoms with Gasteiger partial charge in [-0.3, -0.25) is 24.0 Å². The molecule has 0 radical (unpaired) electrons. The lowest BCUT2D eigenvalue weighted by atomic mass is 10.1. The van der Waals surface area contributed by atoms with Crippen molar-refractivity contribution in [1.29, 1.82) is 0 Å². The molecule has 1 aliphatic rings. The first-order valence-corrected chi connectivity index (χ1v) is 8.58. The van der Waals surface area contributed by atoms with Crippen LogP contribution >= 0.6 is 0 Å². The molecule has 0 saturated carbocycles. The van der Waals surface area contributed by atoms with Crippen LogP contribution in [0.4, 0.5) is 0 Å². The number of fused-ring (bicyclic) bond motifs is 1. The molecule has 136 valence electrons. The van der Waals surface area contributed by atoms with Crippen LogP contribution in [0.1, 0.15) is 27.1 Å². The predicted octanol–water partition coefficient (Wildman–Crippen LogP) is 1.33. The third kappa shape index (κ3) is 2.84. The second-order valence-corrected chi connectivity index (χ2v) is 6.26. The van der Waals surface area contributed by atoms with Crippen molar-refractivity contribution in [2.45, 2.75) is 13.0 Å². The van der Waals surface area contributed by atoms with Gasteiger partial charge >= 0.3 is 5.69 Å². The van der Waals surface area contributed by atoms with Crippen molar-refractivity contribution in [2.75, 3.05) is 6.54 Å². The molecule has 0 fully saturated rings. The van der Waals surface area contributed by atoms with Gasteiger partial charge in [-0.05, 0) is 30.7 Å². The summed E-state index contributed by atoms with van der Waals surface area (Å²) in [6, 6.07) is 12.2. The van der Waals surface area contributed by atoms with Crippen LogP contribution in [0, 0.1) is 0 Å². The highest BCUT2D eigenvalue weighted by atomic mass is 16.2. The van der Waals surface area contributed by atoms with Gasteiger partial charge in [0.15, 0.2) is 5.82 Å². The van der Waals surface area contributed by atoms with E-state index in [1.807, 2.05) is 6.07 Å². The minimum absolute atomic E-state index is 0.230. The summed E-state index contributed by atoms with van der Waals surface area (Å²) in [6.07, 6.45) is 2.07. The molecule has 0 aliphatic carbocycles. The molecule has 0 bridgehead atoms. The average Bonchev–Trinajstić information content (AvgIpc) is 3.12. The minimum atomic E-state index is -0.293. The molecule has 4 rings (SSSR count). The third-order valence-electron chi connectivity index (χ3n) is 4.56. The molecular formula is C19H17N5O3. The molecule has 3 aromatic rings. The van der Waals surface area contributed by atoms with E-state index in [0.29, 0.717) is 35.6 Å². The van der Waals surface area contributed by atoms with E-state index in [4.69, 9.17) is 0 Å². The van der Waals surface area contributed by atoms with Gasteiger partial charge in [-0.15, -0.1) is 5.10 Å². The summed E-state index contributed by atoms with van der Waals surface area (Å²) in [5, 5.41) is 4.34. The van der Waals surface area contributed by atoms with Gasteiger partial charge in [0.25, 0.3) is 11.8 Å². The molecule has 0 saturated heterocycles. The van der Waals surface area contributed by atoms with Crippen LogP contribution < -0.4 is 5.69 Å². The van der Waals surface area contributed by atoms with E-state index in [9.17, 15) is 14.4 Å². The second kappa shape index (κ2) is 6.64. The number of nitrogens with zero attached hydrogens (tertiary/aromatic N) is 5. The summed E-state index contributed by atoms with van der Waals surface area (Å²) in [7, 11) is 1.64. The molecule has 1 aliphatic heterocycles. The van der Waals surface area contributed by atoms with Crippen LogP contribution in [0.25, 0.3) is 11.5 Å². The molecule has 8 heteroatoms. The fraction of sp³-hybridized carbons (Fsp3) is 0.211. The first-order valence-electron chi connectivity index (χ1n) is 8.58. The van der Waals surface area contributed by atoms with Gasteiger partial charge in [-0.1, -0.05) is 18.2 Å². The van der Waals surface area contributed by atoms with Crippen molar-refractivity contribution >= 4 is 11.8 Å². The first-order chi connectivity index (χ1) is 13.1. The summed E-state index contributed by atoms with van der Waals surface area (Å²) in [5.41, 5.74) is 1.19. The Hall–Kier alpha value is -3.55. The summed E-state index contributed by atoms with van der Waals surface area (Å²) in [5.74, 6) is -0.113. The van der Waals surface area contributed by atoms with E-state index in [1.165, 1.54) is 14.1 Å². The Kier molecular flexibility index (Phi) is 4.15. The number of carbonyl (C=O) groups is 2. The Morgan fingerprint density at radius 2 is 1.56 bits per heavy atom. The summed E-state index contributed by atoms with van der Waals surface area (Å²) in [4.78, 5) is 42.6. The molecule has 0 N–H and O–H groups in total. The zero-order valence-corrected chi connectivity index (χ0v) is 14.7. The van der Waals surface area contributed by atoms with Gasteiger partial charge in [0, 0.05) is 26.3 Å². The third-order valence-corrected chi connectivity index (χ3v) is 4.56. The number of pyridine rings is 1. The lowest BCUT2D eigenvalue weighted by molar-refractivity contribution is 0.0650. The van der Waals surface area contributed by atoms with E-state index >= 15 is 0 Å². The molecule has 8 nitrogen and oxygen atoms in total. The zero-order valence-electron chi connectivity index (χ0n) is 14.7. The van der Waals surface area contributed by atoms with E-state index in [0.717, 1.165) is 0 Å². The van der Waals surface area contributed by atoms with Crippen LogP contribution in [0.3, 0.4) is 0 Å². The van der Waals surface area contributed by atoms with E-state index < -0.39 is 0 Å². The molecule has 2 aromatic heterocycles. The van der Waals surface area contributed by atoms with Crippen LogP contribution in [0.5, 0.6) is 0 Å². The highest BCUT2D eigenvalue weighted by Gasteiger charge is 2.34. The summed E-state index contributed by atoms with van der Waals surface area (Å²) in [6.45, 7) is 0.529. The highest BCUT2D eigenvalue weighted by molar-refractivity contribution is 6.21. The van der Waals surface area contributed by atoms with E-state index in [2.05, 4.69) is 10.1 Å². The lowest BCUT2D eigenvalue weighted by Gasteiger charge is -2.13. The molecule has 1 aromatic carbocycles. The molecule has 0 atom stereocenters. The Labute approximate surface area is 154 Å². The standard InChI is InChI=1S/C19H17N5O3/c1-22-16(15-9-4-5-10-20-15)21-24(19(22)27)12-6-11-23-17(25)13-7-2-3-8-14(13)18(23)26/h2-5,7-10H,6,11-12H2,1H3. The maximum Gasteiger partial charge on any atom is 0.345 e. The number of carbonyl (C=O) groups excluding carboxylic acids is 2. The summed E-state index contributed by atoms with van der Waals surface area (Å²) < 4.78 is 2.77. The van der Waals surface area contributed by atoms with Crippen molar-refractivity contribution < 1.29 is 9.59 Å². The minimum Gasteiger partial charge on any atom is -0.277 e. The fourth-order valence-corrected chi connectivity index (χ4v) is 3.17. The molecule has 3 heterocycles. The number of hydrogen-bond donors (Lipinski definition) is 0. The molecule has 2 amide bonds. The Morgan fingerprint density at radius 1 is 0.889 bits per heavy atom. The first kappa shape index (κ1) is 16.9. The van der Waals surface area contributed by atoms with Gasteiger partial charge in [0.05, 0.1) is 11.1 Å². The van der Waals surface area contributed by atoms with E-state index in [-0.39, 0.29) is 24.0 Å². The van der Waals surface area contributed by atoms with Gasteiger partial charge in [-0.25, -0.2) is 9.48 Å². The SMILES string of the molecule is Cn1c(-c2ccccn2)nn(CCCN2C(=O)c3ccccc3C2=O)c1=O. The normalized spacial score (nSPS) is 13.3. The van der Waals surface area contributed by atoms with Crippen molar-refractivity contribution in [1.82, 2.24) is 24.2 Å². The van der Waals surface area contributed by atoms with Crippen molar-refractivity contribution in [2.24, 2.45) is 7.05 Å². The summed E-state index contributed by atoms with van der Waals surface area (Å²) >= 11 is 0. The van der Waals surface area contributed by atoms with Gasteiger partial charge < -0.3 is 0 Å². The van der Waals surface area contributed by atoms with Gasteiger partial charge in [-0.2, -0.15) is 0 Å². The maximum atomic E-state index is 12.4. The van der Waals surface area contributed by atoms with Crippen LogP contribution in [-0.2, 0) is 13.6 Å². The number of imide groups is 1. The predicted molar refractivity (Wildman–Crippen MR) is 97.1 cm³/mol. The Balaban J connectivity index is 1.47. The molecule has 0 spiro atoms. The van der Waals surface area contributed by atoms with E-state index in [1.54, 1.807) is 49.6 Å². The van der Waals surface area contributed by atoms with Gasteiger partial charge in [0.2, 0.25) is 0 Å². The smallest absolute Gasteiger partial charge is 0.277 e. The van der Waals surface area contributed by atoms with Gasteiger partial charge in [0.1, 0.15) is 5.69 Å². The largest absolute Gasteiger partial charge is 0.345 e. The highest BCUT2D eigenvalue weighted by Crippen LogP contribution is 2.22. The number of benzene rings is 1. The van der Waals surface area contributed by atoms with Crippen LogP contribution in [-0.4, -0.2) is 42.6 Å². The second-order valence-electron chi connectivity index (χ2n) is 6.26. The zero-order chi connectivity index (χ0) is 19.0. The van der Waals surface area contributed by atoms with Crippen molar-refractivity contribution in [3.63, 3.8) is 0 Å². The van der Waals surface area contributed by atoms with Crippen molar-refractivity contribution in [3.05, 3.63) is 70.3 Å². The Morgan fingerprint density at radius 3 is 2.19 bits per heavy atom. The number of hydrogen-bond acceptors (Lipinski definition) is 5. The Bertz CT molecular complexity index is 1050. The van der Waals surface area contributed by atoms with Crippen LogP contribution in [0.2, 0.25) is 0 Å². The number of amides is 2. The van der Waals surface area contributed by atoms with Crippen molar-refractivity contribution in [3.8, 4) is 11.5 Å². The monoisotopic (exact) mass is 363 g/mol.